The molecule has 5 nitrogen and oxygen atoms in total. The van der Waals surface area contributed by atoms with Crippen LogP contribution in [-0.2, 0) is 24.2 Å². The fourth-order valence-electron chi connectivity index (χ4n) is 4.20. The molecule has 1 saturated heterocycles. The van der Waals surface area contributed by atoms with E-state index in [1.165, 1.54) is 16.7 Å². The average Bonchev–Trinajstić information content (AvgIpc) is 3.20. The number of thiazole rings is 1. The van der Waals surface area contributed by atoms with Crippen molar-refractivity contribution in [2.24, 2.45) is 0 Å². The molecule has 1 aromatic heterocycles. The van der Waals surface area contributed by atoms with Crippen molar-refractivity contribution in [3.05, 3.63) is 70.7 Å². The van der Waals surface area contributed by atoms with E-state index >= 15 is 0 Å². The second-order valence-electron chi connectivity index (χ2n) is 8.55. The lowest BCUT2D eigenvalue weighted by atomic mass is 10.1. The van der Waals surface area contributed by atoms with Gasteiger partial charge in [0.2, 0.25) is 5.91 Å². The van der Waals surface area contributed by atoms with Crippen molar-refractivity contribution >= 4 is 17.2 Å². The van der Waals surface area contributed by atoms with Crippen LogP contribution in [0.3, 0.4) is 0 Å². The number of aromatic nitrogens is 1. The van der Waals surface area contributed by atoms with Gasteiger partial charge in [-0.3, -0.25) is 9.69 Å². The van der Waals surface area contributed by atoms with E-state index in [-0.39, 0.29) is 5.91 Å². The highest BCUT2D eigenvalue weighted by Gasteiger charge is 2.20. The summed E-state index contributed by atoms with van der Waals surface area (Å²) in [5.74, 6) is 1.10. The molecule has 1 amide bonds. The first-order valence-electron chi connectivity index (χ1n) is 11.8. The van der Waals surface area contributed by atoms with Gasteiger partial charge in [0.25, 0.3) is 0 Å². The van der Waals surface area contributed by atoms with Crippen LogP contribution in [0.4, 0.5) is 0 Å². The Bertz CT molecular complexity index is 1030. The van der Waals surface area contributed by atoms with Gasteiger partial charge in [0.05, 0.1) is 12.8 Å². The topological polar surface area (TPSA) is 45.7 Å². The minimum Gasteiger partial charge on any atom is -0.497 e. The summed E-state index contributed by atoms with van der Waals surface area (Å²) in [4.78, 5) is 22.1. The van der Waals surface area contributed by atoms with Gasteiger partial charge in [-0.2, -0.15) is 0 Å². The summed E-state index contributed by atoms with van der Waals surface area (Å²) < 4.78 is 5.21. The Labute approximate surface area is 201 Å². The molecule has 33 heavy (non-hydrogen) atoms. The molecule has 0 spiro atoms. The molecule has 0 bridgehead atoms. The molecule has 4 rings (SSSR count). The second-order valence-corrected chi connectivity index (χ2v) is 9.41. The second kappa shape index (κ2) is 11.4. The van der Waals surface area contributed by atoms with Crippen LogP contribution in [0.5, 0.6) is 5.75 Å². The minimum absolute atomic E-state index is 0.249. The Morgan fingerprint density at radius 1 is 1.00 bits per heavy atom. The molecule has 174 valence electrons. The number of methoxy groups -OCH3 is 1. The molecule has 0 aliphatic carbocycles. The fraction of sp³-hybridized carbons (Fsp3) is 0.407. The summed E-state index contributed by atoms with van der Waals surface area (Å²) in [6.45, 7) is 6.54. The number of hydrogen-bond donors (Lipinski definition) is 0. The van der Waals surface area contributed by atoms with Gasteiger partial charge >= 0.3 is 0 Å². The smallest absolute Gasteiger partial charge is 0.222 e. The van der Waals surface area contributed by atoms with Gasteiger partial charge in [0.15, 0.2) is 0 Å². The summed E-state index contributed by atoms with van der Waals surface area (Å²) in [5.41, 5.74) is 4.83. The van der Waals surface area contributed by atoms with Crippen molar-refractivity contribution < 1.29 is 9.53 Å². The third-order valence-electron chi connectivity index (χ3n) is 6.27. The van der Waals surface area contributed by atoms with Crippen molar-refractivity contribution in [1.82, 2.24) is 14.8 Å². The van der Waals surface area contributed by atoms with Crippen LogP contribution in [0.1, 0.15) is 36.6 Å². The summed E-state index contributed by atoms with van der Waals surface area (Å²) in [6.07, 6.45) is 3.38. The van der Waals surface area contributed by atoms with Crippen molar-refractivity contribution in [3.8, 4) is 16.3 Å². The lowest BCUT2D eigenvalue weighted by Gasteiger charge is -2.21. The number of nitrogens with zero attached hydrogens (tertiary/aromatic N) is 3. The van der Waals surface area contributed by atoms with Crippen molar-refractivity contribution in [3.63, 3.8) is 0 Å². The van der Waals surface area contributed by atoms with Crippen LogP contribution in [0, 0.1) is 0 Å². The Kier molecular flexibility index (Phi) is 8.13. The van der Waals surface area contributed by atoms with Crippen LogP contribution in [0.15, 0.2) is 53.9 Å². The van der Waals surface area contributed by atoms with E-state index in [1.54, 1.807) is 18.4 Å². The Morgan fingerprint density at radius 3 is 2.48 bits per heavy atom. The van der Waals surface area contributed by atoms with Gasteiger partial charge in [0.1, 0.15) is 10.8 Å². The van der Waals surface area contributed by atoms with E-state index in [0.29, 0.717) is 6.42 Å². The van der Waals surface area contributed by atoms with Crippen LogP contribution in [-0.4, -0.2) is 54.0 Å². The molecule has 1 aliphatic heterocycles. The predicted octanol–water partition coefficient (Wildman–Crippen LogP) is 5.05. The summed E-state index contributed by atoms with van der Waals surface area (Å²) in [6, 6.07) is 16.7. The van der Waals surface area contributed by atoms with E-state index in [0.717, 1.165) is 68.4 Å². The highest BCUT2D eigenvalue weighted by molar-refractivity contribution is 7.13. The maximum Gasteiger partial charge on any atom is 0.222 e. The molecule has 0 unspecified atom stereocenters. The molecule has 2 heterocycles. The van der Waals surface area contributed by atoms with Gasteiger partial charge in [-0.25, -0.2) is 4.98 Å². The lowest BCUT2D eigenvalue weighted by Crippen LogP contribution is -2.35. The maximum atomic E-state index is 12.8. The zero-order valence-corrected chi connectivity index (χ0v) is 20.4. The zero-order chi connectivity index (χ0) is 23.0. The number of carbonyl (C=O) groups excluding carboxylic acids is 1. The van der Waals surface area contributed by atoms with Gasteiger partial charge in [0, 0.05) is 50.1 Å². The predicted molar refractivity (Wildman–Crippen MR) is 135 cm³/mol. The number of amides is 1. The molecule has 3 aromatic rings. The summed E-state index contributed by atoms with van der Waals surface area (Å²) in [5, 5.41) is 3.25. The van der Waals surface area contributed by atoms with E-state index in [4.69, 9.17) is 9.72 Å². The molecule has 1 fully saturated rings. The highest BCUT2D eigenvalue weighted by atomic mass is 32.1. The number of hydrogen-bond acceptors (Lipinski definition) is 5. The van der Waals surface area contributed by atoms with E-state index < -0.39 is 0 Å². The quantitative estimate of drug-likeness (QED) is 0.469. The number of rotatable bonds is 8. The standard InChI is InChI=1S/C27H33N3O2S/c1-3-21-5-10-23(11-6-21)27-28-24(20-33-27)19-29-15-4-16-30(18-17-29)26(31)14-9-22-7-12-25(32-2)13-8-22/h5-8,10-13,20H,3-4,9,14-19H2,1-2H3. The Hall–Kier alpha value is -2.70. The summed E-state index contributed by atoms with van der Waals surface area (Å²) in [7, 11) is 1.67. The number of carbonyl (C=O) groups is 1. The molecule has 0 N–H and O–H groups in total. The lowest BCUT2D eigenvalue weighted by molar-refractivity contribution is -0.131. The average molecular weight is 464 g/mol. The third kappa shape index (κ3) is 6.42. The largest absolute Gasteiger partial charge is 0.497 e. The van der Waals surface area contributed by atoms with Crippen LogP contribution in [0.25, 0.3) is 10.6 Å². The number of aryl methyl sites for hydroxylation is 2. The van der Waals surface area contributed by atoms with Crippen LogP contribution in [0.2, 0.25) is 0 Å². The molecule has 1 aliphatic rings. The van der Waals surface area contributed by atoms with Crippen molar-refractivity contribution in [2.45, 2.75) is 39.2 Å². The molecule has 0 atom stereocenters. The molecule has 2 aromatic carbocycles. The van der Waals surface area contributed by atoms with E-state index in [9.17, 15) is 4.79 Å². The molecular weight excluding hydrogens is 430 g/mol. The molecule has 6 heteroatoms. The first kappa shape index (κ1) is 23.5. The van der Waals surface area contributed by atoms with Crippen LogP contribution >= 0.6 is 11.3 Å². The van der Waals surface area contributed by atoms with Gasteiger partial charge in [-0.1, -0.05) is 43.3 Å². The molecular formula is C27H33N3O2S. The zero-order valence-electron chi connectivity index (χ0n) is 19.6. The molecule has 0 radical (unpaired) electrons. The van der Waals surface area contributed by atoms with E-state index in [1.807, 2.05) is 29.2 Å². The normalized spacial score (nSPS) is 14.8. The van der Waals surface area contributed by atoms with Gasteiger partial charge < -0.3 is 9.64 Å². The van der Waals surface area contributed by atoms with E-state index in [2.05, 4.69) is 41.5 Å². The number of benzene rings is 2. The third-order valence-corrected chi connectivity index (χ3v) is 7.21. The Morgan fingerprint density at radius 2 is 1.76 bits per heavy atom. The van der Waals surface area contributed by atoms with Crippen LogP contribution < -0.4 is 4.74 Å². The Balaban J connectivity index is 1.26. The monoisotopic (exact) mass is 463 g/mol. The first-order chi connectivity index (χ1) is 16.1. The number of ether oxygens (including phenoxy) is 1. The van der Waals surface area contributed by atoms with Crippen molar-refractivity contribution in [2.75, 3.05) is 33.3 Å². The van der Waals surface area contributed by atoms with Crippen molar-refractivity contribution in [1.29, 1.82) is 0 Å². The SMILES string of the molecule is CCc1ccc(-c2nc(CN3CCCN(C(=O)CCc4ccc(OC)cc4)CC3)cs2)cc1. The fourth-order valence-corrected chi connectivity index (χ4v) is 5.02. The highest BCUT2D eigenvalue weighted by Crippen LogP contribution is 2.25. The molecule has 0 saturated carbocycles. The minimum atomic E-state index is 0.249. The maximum absolute atomic E-state index is 12.8. The van der Waals surface area contributed by atoms with Gasteiger partial charge in [-0.15, -0.1) is 11.3 Å². The first-order valence-corrected chi connectivity index (χ1v) is 12.7. The van der Waals surface area contributed by atoms with Gasteiger partial charge in [-0.05, 0) is 42.5 Å². The summed E-state index contributed by atoms with van der Waals surface area (Å²) >= 11 is 1.71.